The number of rotatable bonds is 8. The van der Waals surface area contributed by atoms with Gasteiger partial charge in [0.25, 0.3) is 0 Å². The molecule has 0 saturated carbocycles. The van der Waals surface area contributed by atoms with Crippen LogP contribution in [0.5, 0.6) is 0 Å². The highest BCUT2D eigenvalue weighted by molar-refractivity contribution is 5.92. The summed E-state index contributed by atoms with van der Waals surface area (Å²) >= 11 is 0. The van der Waals surface area contributed by atoms with Crippen LogP contribution in [-0.2, 0) is 22.6 Å². The van der Waals surface area contributed by atoms with Crippen LogP contribution < -0.4 is 0 Å². The summed E-state index contributed by atoms with van der Waals surface area (Å²) in [6.07, 6.45) is 1.02. The maximum Gasteiger partial charge on any atom is 0.248 e. The number of hydrogen-bond acceptors (Lipinski definition) is 3. The van der Waals surface area contributed by atoms with Gasteiger partial charge in [-0.05, 0) is 24.5 Å². The Labute approximate surface area is 174 Å². The van der Waals surface area contributed by atoms with Gasteiger partial charge < -0.3 is 14.5 Å². The van der Waals surface area contributed by atoms with E-state index in [4.69, 9.17) is 4.74 Å². The van der Waals surface area contributed by atoms with E-state index in [-0.39, 0.29) is 5.91 Å². The molecule has 0 N–H and O–H groups in total. The first-order chi connectivity index (χ1) is 14.1. The Kier molecular flexibility index (Phi) is 8.03. The molecule has 2 aromatic carbocycles. The molecule has 0 aliphatic carbocycles. The highest BCUT2D eigenvalue weighted by Gasteiger charge is 2.26. The third-order valence-electron chi connectivity index (χ3n) is 5.36. The zero-order valence-electron chi connectivity index (χ0n) is 17.4. The largest absolute Gasteiger partial charge is 0.376 e. The average molecular weight is 393 g/mol. The molecule has 1 saturated heterocycles. The van der Waals surface area contributed by atoms with Gasteiger partial charge in [-0.1, -0.05) is 67.2 Å². The standard InChI is InChI=1S/C25H32N2O2/c1-21(2)25(28)27-16-15-26(14-13-22-9-5-3-6-10-22)17-24(18-27)20-29-19-23-11-7-4-8-12-23/h3-12,24H,1,13-20H2,2H3. The predicted octanol–water partition coefficient (Wildman–Crippen LogP) is 3.78. The molecule has 4 heteroatoms. The Bertz CT molecular complexity index is 776. The van der Waals surface area contributed by atoms with Crippen LogP contribution in [-0.4, -0.2) is 55.0 Å². The van der Waals surface area contributed by atoms with Crippen molar-refractivity contribution in [1.29, 1.82) is 0 Å². The lowest BCUT2D eigenvalue weighted by Crippen LogP contribution is -2.37. The fraction of sp³-hybridized carbons (Fsp3) is 0.400. The van der Waals surface area contributed by atoms with Gasteiger partial charge in [0.15, 0.2) is 0 Å². The van der Waals surface area contributed by atoms with Gasteiger partial charge in [0.2, 0.25) is 5.91 Å². The van der Waals surface area contributed by atoms with Crippen LogP contribution >= 0.6 is 0 Å². The topological polar surface area (TPSA) is 32.8 Å². The molecule has 29 heavy (non-hydrogen) atoms. The van der Waals surface area contributed by atoms with Gasteiger partial charge in [0, 0.05) is 44.2 Å². The molecule has 0 radical (unpaired) electrons. The summed E-state index contributed by atoms with van der Waals surface area (Å²) in [5, 5.41) is 0. The fourth-order valence-electron chi connectivity index (χ4n) is 3.79. The number of carbonyl (C=O) groups is 1. The van der Waals surface area contributed by atoms with E-state index in [0.717, 1.165) is 39.1 Å². The van der Waals surface area contributed by atoms with E-state index in [0.29, 0.717) is 24.7 Å². The lowest BCUT2D eigenvalue weighted by molar-refractivity contribution is -0.127. The first-order valence-corrected chi connectivity index (χ1v) is 10.4. The van der Waals surface area contributed by atoms with Crippen LogP contribution in [0.2, 0.25) is 0 Å². The van der Waals surface area contributed by atoms with E-state index in [9.17, 15) is 4.79 Å². The highest BCUT2D eigenvalue weighted by Crippen LogP contribution is 2.14. The minimum absolute atomic E-state index is 0.0583. The second-order valence-corrected chi connectivity index (χ2v) is 7.93. The normalized spacial score (nSPS) is 17.7. The minimum Gasteiger partial charge on any atom is -0.376 e. The van der Waals surface area contributed by atoms with Gasteiger partial charge in [-0.2, -0.15) is 0 Å². The molecule has 1 atom stereocenters. The van der Waals surface area contributed by atoms with E-state index < -0.39 is 0 Å². The molecule has 1 fully saturated rings. The quantitative estimate of drug-likeness (QED) is 0.641. The Morgan fingerprint density at radius 3 is 2.31 bits per heavy atom. The van der Waals surface area contributed by atoms with Crippen LogP contribution in [0.25, 0.3) is 0 Å². The first kappa shape index (κ1) is 21.3. The monoisotopic (exact) mass is 392 g/mol. The Morgan fingerprint density at radius 1 is 1.00 bits per heavy atom. The van der Waals surface area contributed by atoms with E-state index in [1.807, 2.05) is 23.1 Å². The van der Waals surface area contributed by atoms with Gasteiger partial charge in [-0.3, -0.25) is 4.79 Å². The summed E-state index contributed by atoms with van der Waals surface area (Å²) in [6, 6.07) is 20.8. The Hall–Kier alpha value is -2.43. The molecule has 1 aliphatic heterocycles. The predicted molar refractivity (Wildman–Crippen MR) is 118 cm³/mol. The van der Waals surface area contributed by atoms with Crippen molar-refractivity contribution in [3.8, 4) is 0 Å². The lowest BCUT2D eigenvalue weighted by atomic mass is 10.1. The zero-order valence-corrected chi connectivity index (χ0v) is 17.4. The molecule has 3 rings (SSSR count). The summed E-state index contributed by atoms with van der Waals surface area (Å²) in [5.41, 5.74) is 3.13. The average Bonchev–Trinajstić information content (AvgIpc) is 2.95. The first-order valence-electron chi connectivity index (χ1n) is 10.4. The van der Waals surface area contributed by atoms with Crippen molar-refractivity contribution in [2.24, 2.45) is 5.92 Å². The van der Waals surface area contributed by atoms with E-state index >= 15 is 0 Å². The minimum atomic E-state index is 0.0583. The van der Waals surface area contributed by atoms with Gasteiger partial charge in [0.1, 0.15) is 0 Å². The molecule has 0 spiro atoms. The summed E-state index contributed by atoms with van der Waals surface area (Å²) in [5.74, 6) is 0.350. The molecule has 1 aliphatic rings. The molecular formula is C25H32N2O2. The number of nitrogens with zero attached hydrogens (tertiary/aromatic N) is 2. The van der Waals surface area contributed by atoms with Crippen LogP contribution in [0.3, 0.4) is 0 Å². The van der Waals surface area contributed by atoms with E-state index in [2.05, 4.69) is 53.9 Å². The number of ether oxygens (including phenoxy) is 1. The lowest BCUT2D eigenvalue weighted by Gasteiger charge is -2.24. The van der Waals surface area contributed by atoms with Crippen molar-refractivity contribution < 1.29 is 9.53 Å². The molecule has 1 heterocycles. The third-order valence-corrected chi connectivity index (χ3v) is 5.36. The number of carbonyl (C=O) groups excluding carboxylic acids is 1. The summed E-state index contributed by atoms with van der Waals surface area (Å²) in [7, 11) is 0. The maximum atomic E-state index is 12.5. The Balaban J connectivity index is 1.58. The molecule has 0 bridgehead atoms. The van der Waals surface area contributed by atoms with Gasteiger partial charge in [-0.25, -0.2) is 0 Å². The highest BCUT2D eigenvalue weighted by atomic mass is 16.5. The number of benzene rings is 2. The third kappa shape index (κ3) is 6.84. The summed E-state index contributed by atoms with van der Waals surface area (Å²) in [4.78, 5) is 17.0. The molecule has 0 aromatic heterocycles. The van der Waals surface area contributed by atoms with Crippen LogP contribution in [0.15, 0.2) is 72.8 Å². The second kappa shape index (κ2) is 10.9. The van der Waals surface area contributed by atoms with Crippen LogP contribution in [0.1, 0.15) is 18.1 Å². The van der Waals surface area contributed by atoms with Crippen LogP contribution in [0.4, 0.5) is 0 Å². The summed E-state index contributed by atoms with van der Waals surface area (Å²) < 4.78 is 6.03. The fourth-order valence-corrected chi connectivity index (χ4v) is 3.79. The zero-order chi connectivity index (χ0) is 20.5. The summed E-state index contributed by atoms with van der Waals surface area (Å²) in [6.45, 7) is 11.2. The maximum absolute atomic E-state index is 12.5. The molecule has 1 unspecified atom stereocenters. The molecule has 1 amide bonds. The van der Waals surface area contributed by atoms with E-state index in [1.54, 1.807) is 6.92 Å². The van der Waals surface area contributed by atoms with E-state index in [1.165, 1.54) is 11.1 Å². The Morgan fingerprint density at radius 2 is 1.66 bits per heavy atom. The van der Waals surface area contributed by atoms with Crippen molar-refractivity contribution in [3.05, 3.63) is 83.9 Å². The van der Waals surface area contributed by atoms with Crippen molar-refractivity contribution in [1.82, 2.24) is 9.80 Å². The molecule has 4 nitrogen and oxygen atoms in total. The van der Waals surface area contributed by atoms with Crippen molar-refractivity contribution in [2.45, 2.75) is 20.0 Å². The van der Waals surface area contributed by atoms with Crippen molar-refractivity contribution >= 4 is 5.91 Å². The smallest absolute Gasteiger partial charge is 0.248 e. The number of hydrogen-bond donors (Lipinski definition) is 0. The van der Waals surface area contributed by atoms with Gasteiger partial charge >= 0.3 is 0 Å². The SMILES string of the molecule is C=C(C)C(=O)N1CCN(CCc2ccccc2)CC(COCc2ccccc2)C1. The molecule has 154 valence electrons. The molecule has 2 aromatic rings. The molecular weight excluding hydrogens is 360 g/mol. The van der Waals surface area contributed by atoms with Crippen molar-refractivity contribution in [2.75, 3.05) is 39.3 Å². The number of amides is 1. The van der Waals surface area contributed by atoms with Gasteiger partial charge in [-0.15, -0.1) is 0 Å². The van der Waals surface area contributed by atoms with Crippen LogP contribution in [0, 0.1) is 5.92 Å². The van der Waals surface area contributed by atoms with Crippen molar-refractivity contribution in [3.63, 3.8) is 0 Å². The second-order valence-electron chi connectivity index (χ2n) is 7.93. The van der Waals surface area contributed by atoms with Gasteiger partial charge in [0.05, 0.1) is 13.2 Å².